The van der Waals surface area contributed by atoms with Gasteiger partial charge in [-0.15, -0.1) is 0 Å². The number of nitrogens with zero attached hydrogens (tertiary/aromatic N) is 3. The van der Waals surface area contributed by atoms with E-state index >= 15 is 0 Å². The first kappa shape index (κ1) is 20.1. The summed E-state index contributed by atoms with van der Waals surface area (Å²) in [6, 6.07) is 21.2. The molecule has 2 aliphatic heterocycles. The molecule has 2 aromatic rings. The molecule has 4 rings (SSSR count). The lowest BCUT2D eigenvalue weighted by Gasteiger charge is -2.35. The maximum Gasteiger partial charge on any atom is 0.236 e. The molecule has 2 heterocycles. The van der Waals surface area contributed by atoms with Crippen LogP contribution >= 0.6 is 0 Å². The second-order valence-corrected chi connectivity index (χ2v) is 8.35. The van der Waals surface area contributed by atoms with E-state index in [1.165, 1.54) is 11.1 Å². The average Bonchev–Trinajstić information content (AvgIpc) is 3.18. The van der Waals surface area contributed by atoms with Gasteiger partial charge in [0, 0.05) is 51.7 Å². The first-order valence-corrected chi connectivity index (χ1v) is 10.7. The van der Waals surface area contributed by atoms with Crippen LogP contribution in [0.1, 0.15) is 17.0 Å². The van der Waals surface area contributed by atoms with Gasteiger partial charge in [0.25, 0.3) is 0 Å². The highest BCUT2D eigenvalue weighted by atomic mass is 16.2. The maximum absolute atomic E-state index is 12.9. The van der Waals surface area contributed by atoms with Crippen molar-refractivity contribution in [3.05, 3.63) is 71.8 Å². The predicted octanol–water partition coefficient (Wildman–Crippen LogP) is 2.01. The van der Waals surface area contributed by atoms with E-state index in [0.717, 1.165) is 45.8 Å². The van der Waals surface area contributed by atoms with Crippen LogP contribution in [0.15, 0.2) is 60.7 Å². The fourth-order valence-corrected chi connectivity index (χ4v) is 4.69. The molecule has 2 aromatic carbocycles. The van der Waals surface area contributed by atoms with Gasteiger partial charge in [0.2, 0.25) is 5.91 Å². The summed E-state index contributed by atoms with van der Waals surface area (Å²) in [6.45, 7) is 7.51. The van der Waals surface area contributed by atoms with E-state index < -0.39 is 0 Å². The van der Waals surface area contributed by atoms with Crippen LogP contribution in [-0.4, -0.2) is 73.0 Å². The number of nitrogens with two attached hydrogens (primary N) is 1. The molecule has 29 heavy (non-hydrogen) atoms. The largest absolute Gasteiger partial charge is 0.339 e. The molecule has 0 bridgehead atoms. The van der Waals surface area contributed by atoms with Gasteiger partial charge in [-0.3, -0.25) is 14.6 Å². The fourth-order valence-electron chi connectivity index (χ4n) is 4.69. The molecule has 2 saturated heterocycles. The Kier molecular flexibility index (Phi) is 6.60. The Bertz CT molecular complexity index is 774. The van der Waals surface area contributed by atoms with Crippen molar-refractivity contribution >= 4 is 5.91 Å². The zero-order valence-corrected chi connectivity index (χ0v) is 17.1. The van der Waals surface area contributed by atoms with Crippen molar-refractivity contribution in [2.24, 2.45) is 11.7 Å². The Balaban J connectivity index is 1.27. The minimum atomic E-state index is 0.258. The van der Waals surface area contributed by atoms with Crippen LogP contribution in [0.3, 0.4) is 0 Å². The van der Waals surface area contributed by atoms with Crippen LogP contribution in [0.4, 0.5) is 0 Å². The van der Waals surface area contributed by atoms with Crippen molar-refractivity contribution in [2.45, 2.75) is 12.5 Å². The molecular formula is C24H32N4O. The first-order chi connectivity index (χ1) is 14.2. The summed E-state index contributed by atoms with van der Waals surface area (Å²) in [5.41, 5.74) is 8.73. The molecule has 0 spiro atoms. The van der Waals surface area contributed by atoms with Crippen molar-refractivity contribution in [1.29, 1.82) is 0 Å². The number of amides is 1. The average molecular weight is 393 g/mol. The monoisotopic (exact) mass is 392 g/mol. The van der Waals surface area contributed by atoms with Crippen LogP contribution in [-0.2, 0) is 11.3 Å². The summed E-state index contributed by atoms with van der Waals surface area (Å²) in [5, 5.41) is 0. The lowest BCUT2D eigenvalue weighted by molar-refractivity contribution is -0.134. The Hall–Kier alpha value is -2.21. The summed E-state index contributed by atoms with van der Waals surface area (Å²) < 4.78 is 0. The predicted molar refractivity (Wildman–Crippen MR) is 116 cm³/mol. The van der Waals surface area contributed by atoms with E-state index in [9.17, 15) is 4.79 Å². The first-order valence-electron chi connectivity index (χ1n) is 10.7. The number of likely N-dealkylation sites (tertiary alicyclic amines) is 1. The van der Waals surface area contributed by atoms with Crippen LogP contribution < -0.4 is 5.73 Å². The molecule has 2 atom stereocenters. The summed E-state index contributed by atoms with van der Waals surface area (Å²) in [5.74, 6) is 1.11. The van der Waals surface area contributed by atoms with E-state index in [1.807, 2.05) is 4.90 Å². The summed E-state index contributed by atoms with van der Waals surface area (Å²) in [7, 11) is 0. The second-order valence-electron chi connectivity index (χ2n) is 8.35. The molecule has 2 N–H and O–H groups in total. The van der Waals surface area contributed by atoms with E-state index in [-0.39, 0.29) is 5.91 Å². The van der Waals surface area contributed by atoms with Gasteiger partial charge in [-0.2, -0.15) is 0 Å². The van der Waals surface area contributed by atoms with E-state index in [1.54, 1.807) is 0 Å². The van der Waals surface area contributed by atoms with Crippen LogP contribution in [0.25, 0.3) is 0 Å². The Morgan fingerprint density at radius 2 is 1.52 bits per heavy atom. The van der Waals surface area contributed by atoms with Gasteiger partial charge in [0.05, 0.1) is 6.54 Å². The fraction of sp³-hybridized carbons (Fsp3) is 0.458. The number of rotatable bonds is 6. The third-order valence-corrected chi connectivity index (χ3v) is 6.38. The third kappa shape index (κ3) is 5.04. The number of benzene rings is 2. The van der Waals surface area contributed by atoms with E-state index in [4.69, 9.17) is 5.73 Å². The highest BCUT2D eigenvalue weighted by Crippen LogP contribution is 2.31. The second kappa shape index (κ2) is 9.53. The van der Waals surface area contributed by atoms with Crippen LogP contribution in [0.2, 0.25) is 0 Å². The number of piperazine rings is 1. The summed E-state index contributed by atoms with van der Waals surface area (Å²) in [6.07, 6.45) is 0. The summed E-state index contributed by atoms with van der Waals surface area (Å²) in [4.78, 5) is 19.7. The lowest BCUT2D eigenvalue weighted by atomic mass is 9.89. The Labute approximate surface area is 174 Å². The normalized spacial score (nSPS) is 23.4. The van der Waals surface area contributed by atoms with Crippen LogP contribution in [0.5, 0.6) is 0 Å². The molecule has 0 radical (unpaired) electrons. The van der Waals surface area contributed by atoms with E-state index in [2.05, 4.69) is 70.5 Å². The Morgan fingerprint density at radius 3 is 2.17 bits per heavy atom. The van der Waals surface area contributed by atoms with Gasteiger partial charge < -0.3 is 10.6 Å². The number of hydrogen-bond donors (Lipinski definition) is 1. The van der Waals surface area contributed by atoms with Crippen molar-refractivity contribution in [2.75, 3.05) is 52.4 Å². The molecular weight excluding hydrogens is 360 g/mol. The number of hydrogen-bond acceptors (Lipinski definition) is 4. The molecule has 5 nitrogen and oxygen atoms in total. The molecule has 0 aromatic heterocycles. The van der Waals surface area contributed by atoms with Gasteiger partial charge in [-0.1, -0.05) is 60.7 Å². The van der Waals surface area contributed by atoms with Crippen molar-refractivity contribution in [3.63, 3.8) is 0 Å². The van der Waals surface area contributed by atoms with Crippen molar-refractivity contribution in [3.8, 4) is 0 Å². The summed E-state index contributed by atoms with van der Waals surface area (Å²) >= 11 is 0. The molecule has 1 amide bonds. The minimum absolute atomic E-state index is 0.258. The minimum Gasteiger partial charge on any atom is -0.339 e. The van der Waals surface area contributed by atoms with Crippen LogP contribution in [0, 0.1) is 5.92 Å². The molecule has 154 valence electrons. The topological polar surface area (TPSA) is 52.8 Å². The zero-order chi connectivity index (χ0) is 20.1. The number of carbonyl (C=O) groups is 1. The SMILES string of the molecule is NC[C@@H]1CN(CC(=O)N2CCN(Cc3ccccc3)CC2)C[C@H]1c1ccccc1. The molecule has 2 fully saturated rings. The molecule has 0 aliphatic carbocycles. The standard InChI is InChI=1S/C24H32N4O/c25-15-22-17-27(18-23(22)21-9-5-2-6-10-21)19-24(29)28-13-11-26(12-14-28)16-20-7-3-1-4-8-20/h1-10,22-23H,11-19,25H2/t22-,23+/m1/s1. The molecule has 2 aliphatic rings. The lowest BCUT2D eigenvalue weighted by Crippen LogP contribution is -2.50. The molecule has 0 saturated carbocycles. The zero-order valence-electron chi connectivity index (χ0n) is 17.1. The van der Waals surface area contributed by atoms with Crippen molar-refractivity contribution in [1.82, 2.24) is 14.7 Å². The highest BCUT2D eigenvalue weighted by Gasteiger charge is 2.34. The Morgan fingerprint density at radius 1 is 0.862 bits per heavy atom. The van der Waals surface area contributed by atoms with Gasteiger partial charge in [-0.05, 0) is 23.6 Å². The highest BCUT2D eigenvalue weighted by molar-refractivity contribution is 5.78. The quantitative estimate of drug-likeness (QED) is 0.817. The number of carbonyl (C=O) groups excluding carboxylic acids is 1. The van der Waals surface area contributed by atoms with Crippen molar-refractivity contribution < 1.29 is 4.79 Å². The van der Waals surface area contributed by atoms with Gasteiger partial charge in [-0.25, -0.2) is 0 Å². The van der Waals surface area contributed by atoms with Gasteiger partial charge >= 0.3 is 0 Å². The molecule has 0 unspecified atom stereocenters. The maximum atomic E-state index is 12.9. The smallest absolute Gasteiger partial charge is 0.236 e. The molecule has 5 heteroatoms. The third-order valence-electron chi connectivity index (χ3n) is 6.38. The van der Waals surface area contributed by atoms with Gasteiger partial charge in [0.1, 0.15) is 0 Å². The van der Waals surface area contributed by atoms with E-state index in [0.29, 0.717) is 24.9 Å². The van der Waals surface area contributed by atoms with Gasteiger partial charge in [0.15, 0.2) is 0 Å².